The SMILES string of the molecule is CCOC1CCN(C(=O)CCC2CCCC(N)C2)CC1. The molecule has 2 aliphatic rings. The van der Waals surface area contributed by atoms with E-state index in [1.807, 2.05) is 11.8 Å². The fraction of sp³-hybridized carbons (Fsp3) is 0.938. The van der Waals surface area contributed by atoms with Gasteiger partial charge < -0.3 is 15.4 Å². The summed E-state index contributed by atoms with van der Waals surface area (Å²) in [6.07, 6.45) is 8.85. The van der Waals surface area contributed by atoms with E-state index in [0.29, 0.717) is 30.4 Å². The van der Waals surface area contributed by atoms with Gasteiger partial charge in [0.15, 0.2) is 0 Å². The minimum absolute atomic E-state index is 0.332. The second-order valence-corrected chi connectivity index (χ2v) is 6.37. The summed E-state index contributed by atoms with van der Waals surface area (Å²) in [5.74, 6) is 1.00. The minimum Gasteiger partial charge on any atom is -0.378 e. The van der Waals surface area contributed by atoms with E-state index in [2.05, 4.69) is 0 Å². The van der Waals surface area contributed by atoms with Crippen LogP contribution in [-0.2, 0) is 9.53 Å². The van der Waals surface area contributed by atoms with E-state index in [4.69, 9.17) is 10.5 Å². The Hall–Kier alpha value is -0.610. The number of nitrogens with two attached hydrogens (primary N) is 1. The monoisotopic (exact) mass is 282 g/mol. The van der Waals surface area contributed by atoms with Crippen molar-refractivity contribution in [3.05, 3.63) is 0 Å². The van der Waals surface area contributed by atoms with Crippen molar-refractivity contribution >= 4 is 5.91 Å². The van der Waals surface area contributed by atoms with Gasteiger partial charge in [-0.25, -0.2) is 0 Å². The highest BCUT2D eigenvalue weighted by atomic mass is 16.5. The molecule has 1 saturated heterocycles. The molecule has 4 heteroatoms. The van der Waals surface area contributed by atoms with Crippen LogP contribution in [0.25, 0.3) is 0 Å². The van der Waals surface area contributed by atoms with Crippen LogP contribution in [0.15, 0.2) is 0 Å². The molecule has 2 fully saturated rings. The maximum absolute atomic E-state index is 12.2. The van der Waals surface area contributed by atoms with Gasteiger partial charge in [-0.3, -0.25) is 4.79 Å². The normalized spacial score (nSPS) is 28.6. The Balaban J connectivity index is 1.65. The first kappa shape index (κ1) is 15.8. The summed E-state index contributed by atoms with van der Waals surface area (Å²) >= 11 is 0. The Morgan fingerprint density at radius 3 is 2.65 bits per heavy atom. The highest BCUT2D eigenvalue weighted by Gasteiger charge is 2.24. The number of piperidine rings is 1. The Morgan fingerprint density at radius 2 is 2.00 bits per heavy atom. The number of likely N-dealkylation sites (tertiary alicyclic amines) is 1. The predicted molar refractivity (Wildman–Crippen MR) is 80.4 cm³/mol. The van der Waals surface area contributed by atoms with Crippen molar-refractivity contribution in [2.45, 2.75) is 70.4 Å². The molecule has 2 rings (SSSR count). The van der Waals surface area contributed by atoms with Crippen molar-refractivity contribution in [2.75, 3.05) is 19.7 Å². The fourth-order valence-corrected chi connectivity index (χ4v) is 3.59. The van der Waals surface area contributed by atoms with E-state index in [1.54, 1.807) is 0 Å². The Morgan fingerprint density at radius 1 is 1.25 bits per heavy atom. The van der Waals surface area contributed by atoms with Crippen molar-refractivity contribution in [3.63, 3.8) is 0 Å². The number of hydrogen-bond donors (Lipinski definition) is 1. The molecule has 20 heavy (non-hydrogen) atoms. The van der Waals surface area contributed by atoms with Gasteiger partial charge in [-0.15, -0.1) is 0 Å². The van der Waals surface area contributed by atoms with Crippen molar-refractivity contribution in [3.8, 4) is 0 Å². The van der Waals surface area contributed by atoms with Crippen LogP contribution in [-0.4, -0.2) is 42.6 Å². The first-order valence-corrected chi connectivity index (χ1v) is 8.34. The van der Waals surface area contributed by atoms with Gasteiger partial charge in [-0.05, 0) is 44.9 Å². The van der Waals surface area contributed by atoms with Crippen LogP contribution < -0.4 is 5.73 Å². The van der Waals surface area contributed by atoms with Crippen molar-refractivity contribution < 1.29 is 9.53 Å². The molecule has 1 heterocycles. The molecule has 116 valence electrons. The number of hydrogen-bond acceptors (Lipinski definition) is 3. The van der Waals surface area contributed by atoms with Gasteiger partial charge in [0.05, 0.1) is 6.10 Å². The molecule has 1 saturated carbocycles. The van der Waals surface area contributed by atoms with Crippen molar-refractivity contribution in [2.24, 2.45) is 11.7 Å². The third-order valence-electron chi connectivity index (χ3n) is 4.79. The Labute approximate surface area is 123 Å². The van der Waals surface area contributed by atoms with Gasteiger partial charge in [0.25, 0.3) is 0 Å². The second-order valence-electron chi connectivity index (χ2n) is 6.37. The molecule has 0 spiro atoms. The molecule has 1 aliphatic carbocycles. The summed E-state index contributed by atoms with van der Waals surface area (Å²) in [6.45, 7) is 4.55. The number of amides is 1. The van der Waals surface area contributed by atoms with Crippen LogP contribution in [0.3, 0.4) is 0 Å². The van der Waals surface area contributed by atoms with E-state index in [1.165, 1.54) is 12.8 Å². The average Bonchev–Trinajstić information content (AvgIpc) is 2.46. The van der Waals surface area contributed by atoms with E-state index in [0.717, 1.165) is 51.8 Å². The zero-order valence-corrected chi connectivity index (χ0v) is 12.9. The van der Waals surface area contributed by atoms with E-state index < -0.39 is 0 Å². The Kier molecular flexibility index (Phi) is 6.30. The van der Waals surface area contributed by atoms with Crippen LogP contribution in [0.4, 0.5) is 0 Å². The van der Waals surface area contributed by atoms with Crippen LogP contribution in [0.1, 0.15) is 58.3 Å². The number of rotatable bonds is 5. The third kappa shape index (κ3) is 4.74. The van der Waals surface area contributed by atoms with Crippen LogP contribution in [0.5, 0.6) is 0 Å². The van der Waals surface area contributed by atoms with Crippen molar-refractivity contribution in [1.82, 2.24) is 4.90 Å². The van der Waals surface area contributed by atoms with Gasteiger partial charge >= 0.3 is 0 Å². The quantitative estimate of drug-likeness (QED) is 0.842. The first-order valence-electron chi connectivity index (χ1n) is 8.34. The summed E-state index contributed by atoms with van der Waals surface area (Å²) in [7, 11) is 0. The largest absolute Gasteiger partial charge is 0.378 e. The van der Waals surface area contributed by atoms with E-state index in [-0.39, 0.29) is 0 Å². The van der Waals surface area contributed by atoms with E-state index >= 15 is 0 Å². The summed E-state index contributed by atoms with van der Waals surface area (Å²) < 4.78 is 5.63. The molecule has 2 atom stereocenters. The Bertz CT molecular complexity index is 301. The smallest absolute Gasteiger partial charge is 0.222 e. The molecule has 0 bridgehead atoms. The zero-order chi connectivity index (χ0) is 14.4. The van der Waals surface area contributed by atoms with Gasteiger partial charge in [0, 0.05) is 32.2 Å². The topological polar surface area (TPSA) is 55.6 Å². The molecular weight excluding hydrogens is 252 g/mol. The van der Waals surface area contributed by atoms with Crippen LogP contribution in [0, 0.1) is 5.92 Å². The zero-order valence-electron chi connectivity index (χ0n) is 12.9. The lowest BCUT2D eigenvalue weighted by Gasteiger charge is -2.32. The van der Waals surface area contributed by atoms with Gasteiger partial charge in [-0.1, -0.05) is 12.8 Å². The molecule has 0 aromatic carbocycles. The average molecular weight is 282 g/mol. The maximum atomic E-state index is 12.2. The highest BCUT2D eigenvalue weighted by molar-refractivity contribution is 5.76. The fourth-order valence-electron chi connectivity index (χ4n) is 3.59. The summed E-state index contributed by atoms with van der Waals surface area (Å²) in [5, 5.41) is 0. The lowest BCUT2D eigenvalue weighted by atomic mass is 9.83. The lowest BCUT2D eigenvalue weighted by Crippen LogP contribution is -2.41. The summed E-state index contributed by atoms with van der Waals surface area (Å²) in [6, 6.07) is 0.366. The standard InChI is InChI=1S/C16H30N2O2/c1-2-20-15-8-10-18(11-9-15)16(19)7-6-13-4-3-5-14(17)12-13/h13-15H,2-12,17H2,1H3. The highest BCUT2D eigenvalue weighted by Crippen LogP contribution is 2.27. The summed E-state index contributed by atoms with van der Waals surface area (Å²) in [4.78, 5) is 14.3. The number of nitrogens with zero attached hydrogens (tertiary/aromatic N) is 1. The molecule has 0 aromatic rings. The maximum Gasteiger partial charge on any atom is 0.222 e. The molecule has 0 aromatic heterocycles. The number of carbonyl (C=O) groups is 1. The lowest BCUT2D eigenvalue weighted by molar-refractivity contribution is -0.134. The number of ether oxygens (including phenoxy) is 1. The molecule has 4 nitrogen and oxygen atoms in total. The summed E-state index contributed by atoms with van der Waals surface area (Å²) in [5.41, 5.74) is 6.01. The van der Waals surface area contributed by atoms with Crippen molar-refractivity contribution in [1.29, 1.82) is 0 Å². The first-order chi connectivity index (χ1) is 9.69. The molecular formula is C16H30N2O2. The predicted octanol–water partition coefficient (Wildman–Crippen LogP) is 2.31. The number of carbonyl (C=O) groups excluding carboxylic acids is 1. The van der Waals surface area contributed by atoms with Crippen LogP contribution >= 0.6 is 0 Å². The van der Waals surface area contributed by atoms with Gasteiger partial charge in [-0.2, -0.15) is 0 Å². The second kappa shape index (κ2) is 7.99. The molecule has 0 radical (unpaired) electrons. The third-order valence-corrected chi connectivity index (χ3v) is 4.79. The molecule has 2 N–H and O–H groups in total. The van der Waals surface area contributed by atoms with Crippen LogP contribution in [0.2, 0.25) is 0 Å². The van der Waals surface area contributed by atoms with Gasteiger partial charge in [0.1, 0.15) is 0 Å². The van der Waals surface area contributed by atoms with E-state index in [9.17, 15) is 4.79 Å². The molecule has 2 unspecified atom stereocenters. The molecule has 1 amide bonds. The van der Waals surface area contributed by atoms with Gasteiger partial charge in [0.2, 0.25) is 5.91 Å². The minimum atomic E-state index is 0.332. The molecule has 1 aliphatic heterocycles.